The summed E-state index contributed by atoms with van der Waals surface area (Å²) in [4.78, 5) is 0. The first kappa shape index (κ1) is 15.7. The minimum absolute atomic E-state index is 0.208. The Balaban J connectivity index is 1.72. The van der Waals surface area contributed by atoms with Crippen molar-refractivity contribution in [2.75, 3.05) is 20.3 Å². The maximum atomic E-state index is 10.5. The molecule has 1 heterocycles. The van der Waals surface area contributed by atoms with Crippen LogP contribution in [0.15, 0.2) is 54.6 Å². The topological polar surface area (TPSA) is 42.2 Å². The van der Waals surface area contributed by atoms with Gasteiger partial charge in [0.1, 0.15) is 5.75 Å². The number of rotatable bonds is 2. The van der Waals surface area contributed by atoms with Gasteiger partial charge in [0, 0.05) is 11.3 Å². The van der Waals surface area contributed by atoms with Crippen molar-refractivity contribution in [3.63, 3.8) is 0 Å². The van der Waals surface area contributed by atoms with Gasteiger partial charge in [-0.2, -0.15) is 5.26 Å². The van der Waals surface area contributed by atoms with Crippen molar-refractivity contribution in [3.8, 4) is 11.8 Å². The lowest BCUT2D eigenvalue weighted by Crippen LogP contribution is -2.54. The molecule has 5 rings (SSSR count). The first-order chi connectivity index (χ1) is 12.7. The second-order valence-corrected chi connectivity index (χ2v) is 7.65. The normalized spacial score (nSPS) is 33.8. The van der Waals surface area contributed by atoms with Crippen LogP contribution < -0.4 is 4.74 Å². The second-order valence-electron chi connectivity index (χ2n) is 7.65. The Labute approximate surface area is 153 Å². The van der Waals surface area contributed by atoms with Gasteiger partial charge in [-0.25, -0.2) is 0 Å². The van der Waals surface area contributed by atoms with Crippen LogP contribution in [0.5, 0.6) is 5.75 Å². The van der Waals surface area contributed by atoms with Gasteiger partial charge in [-0.3, -0.25) is 0 Å². The fourth-order valence-electron chi connectivity index (χ4n) is 5.64. The van der Waals surface area contributed by atoms with E-state index in [1.165, 1.54) is 16.7 Å². The summed E-state index contributed by atoms with van der Waals surface area (Å²) < 4.78 is 11.3. The molecular weight excluding hydrogens is 322 g/mol. The van der Waals surface area contributed by atoms with Gasteiger partial charge in [0.05, 0.1) is 31.8 Å². The van der Waals surface area contributed by atoms with Gasteiger partial charge in [-0.15, -0.1) is 0 Å². The zero-order valence-electron chi connectivity index (χ0n) is 14.8. The Morgan fingerprint density at radius 2 is 1.96 bits per heavy atom. The summed E-state index contributed by atoms with van der Waals surface area (Å²) >= 11 is 0. The smallest absolute Gasteiger partial charge is 0.118 e. The van der Waals surface area contributed by atoms with E-state index in [1.807, 2.05) is 12.1 Å². The van der Waals surface area contributed by atoms with Crippen LogP contribution in [0.25, 0.3) is 6.08 Å². The number of fused-ring (bicyclic) bond motifs is 1. The predicted molar refractivity (Wildman–Crippen MR) is 99.9 cm³/mol. The van der Waals surface area contributed by atoms with Crippen molar-refractivity contribution in [2.24, 2.45) is 11.3 Å². The average molecular weight is 343 g/mol. The van der Waals surface area contributed by atoms with Crippen LogP contribution in [0, 0.1) is 22.7 Å². The number of hydrogen-bond donors (Lipinski definition) is 0. The maximum Gasteiger partial charge on any atom is 0.118 e. The highest BCUT2D eigenvalue weighted by Gasteiger charge is 2.68. The summed E-state index contributed by atoms with van der Waals surface area (Å²) in [6.45, 7) is 1.25. The molecule has 0 aromatic heterocycles. The molecule has 1 saturated heterocycles. The molecule has 1 saturated carbocycles. The third kappa shape index (κ3) is 1.75. The minimum Gasteiger partial charge on any atom is -0.497 e. The molecule has 0 amide bonds. The molecule has 2 unspecified atom stereocenters. The molecule has 3 heteroatoms. The van der Waals surface area contributed by atoms with Gasteiger partial charge in [-0.05, 0) is 41.2 Å². The zero-order chi connectivity index (χ0) is 17.8. The lowest BCUT2D eigenvalue weighted by Gasteiger charge is -2.50. The van der Waals surface area contributed by atoms with Crippen LogP contribution in [0.3, 0.4) is 0 Å². The number of methoxy groups -OCH3 is 1. The van der Waals surface area contributed by atoms with Gasteiger partial charge >= 0.3 is 0 Å². The average Bonchev–Trinajstić information content (AvgIpc) is 2.85. The molecule has 0 radical (unpaired) electrons. The molecule has 2 bridgehead atoms. The van der Waals surface area contributed by atoms with E-state index >= 15 is 0 Å². The summed E-state index contributed by atoms with van der Waals surface area (Å²) in [5, 5.41) is 10.5. The lowest BCUT2D eigenvalue weighted by atomic mass is 9.53. The fourth-order valence-corrected chi connectivity index (χ4v) is 5.64. The monoisotopic (exact) mass is 343 g/mol. The molecule has 0 N–H and O–H groups in total. The SMILES string of the molecule is COc1ccc([C@@H]2CC3COCC24C=Cc2ccccc2[C@]34C#N)cc1. The van der Waals surface area contributed by atoms with Gasteiger partial charge < -0.3 is 9.47 Å². The van der Waals surface area contributed by atoms with Crippen molar-refractivity contribution >= 4 is 6.08 Å². The van der Waals surface area contributed by atoms with Gasteiger partial charge in [0.25, 0.3) is 0 Å². The van der Waals surface area contributed by atoms with E-state index in [1.54, 1.807) is 7.11 Å². The Morgan fingerprint density at radius 1 is 1.15 bits per heavy atom. The highest BCUT2D eigenvalue weighted by atomic mass is 16.5. The highest BCUT2D eigenvalue weighted by Crippen LogP contribution is 2.68. The van der Waals surface area contributed by atoms with E-state index in [0.717, 1.165) is 12.2 Å². The molecule has 2 aliphatic carbocycles. The molecule has 0 spiro atoms. The highest BCUT2D eigenvalue weighted by molar-refractivity contribution is 5.66. The molecule has 26 heavy (non-hydrogen) atoms. The number of ether oxygens (including phenoxy) is 2. The number of nitriles is 1. The van der Waals surface area contributed by atoms with Crippen molar-refractivity contribution in [2.45, 2.75) is 17.8 Å². The van der Waals surface area contributed by atoms with Crippen LogP contribution in [-0.4, -0.2) is 20.3 Å². The van der Waals surface area contributed by atoms with E-state index in [-0.39, 0.29) is 17.3 Å². The quantitative estimate of drug-likeness (QED) is 0.816. The van der Waals surface area contributed by atoms with Crippen LogP contribution in [0.4, 0.5) is 0 Å². The first-order valence-corrected chi connectivity index (χ1v) is 9.17. The molecule has 4 atom stereocenters. The summed E-state index contributed by atoms with van der Waals surface area (Å²) in [5.41, 5.74) is 2.79. The van der Waals surface area contributed by atoms with Crippen LogP contribution >= 0.6 is 0 Å². The lowest BCUT2D eigenvalue weighted by molar-refractivity contribution is -0.0307. The largest absolute Gasteiger partial charge is 0.497 e. The van der Waals surface area contributed by atoms with E-state index in [9.17, 15) is 5.26 Å². The van der Waals surface area contributed by atoms with Crippen molar-refractivity contribution in [1.29, 1.82) is 5.26 Å². The van der Waals surface area contributed by atoms with Gasteiger partial charge in [0.15, 0.2) is 0 Å². The Kier molecular flexibility index (Phi) is 3.29. The summed E-state index contributed by atoms with van der Waals surface area (Å²) in [5.74, 6) is 1.34. The Bertz CT molecular complexity index is 926. The molecular formula is C23H21NO2. The van der Waals surface area contributed by atoms with Crippen LogP contribution in [0.2, 0.25) is 0 Å². The number of benzene rings is 2. The molecule has 2 fully saturated rings. The molecule has 3 aliphatic rings. The Hall–Kier alpha value is -2.57. The van der Waals surface area contributed by atoms with Crippen molar-refractivity contribution in [3.05, 3.63) is 71.3 Å². The molecule has 2 aromatic rings. The zero-order valence-corrected chi connectivity index (χ0v) is 14.8. The van der Waals surface area contributed by atoms with Gasteiger partial charge in [-0.1, -0.05) is 48.6 Å². The van der Waals surface area contributed by atoms with Gasteiger partial charge in [0.2, 0.25) is 0 Å². The molecule has 3 nitrogen and oxygen atoms in total. The van der Waals surface area contributed by atoms with E-state index in [0.29, 0.717) is 13.2 Å². The third-order valence-electron chi connectivity index (χ3n) is 6.79. The molecule has 2 aromatic carbocycles. The standard InChI is InChI=1S/C23H21NO2/c1-25-19-8-6-17(7-9-19)21-12-18-13-26-15-22(21)11-10-16-4-2-3-5-20(16)23(18,22)14-24/h2-11,18,21H,12-13,15H2,1H3/t18?,21-,22?,23-/m0/s1. The third-order valence-corrected chi connectivity index (χ3v) is 6.79. The van der Waals surface area contributed by atoms with E-state index in [4.69, 9.17) is 9.47 Å². The predicted octanol–water partition coefficient (Wildman–Crippen LogP) is 4.30. The summed E-state index contributed by atoms with van der Waals surface area (Å²) in [6, 6.07) is 19.5. The van der Waals surface area contributed by atoms with E-state index < -0.39 is 5.41 Å². The number of nitrogens with zero attached hydrogens (tertiary/aromatic N) is 1. The summed E-state index contributed by atoms with van der Waals surface area (Å²) in [6.07, 6.45) is 5.43. The second kappa shape index (κ2) is 5.46. The molecule has 1 aliphatic heterocycles. The van der Waals surface area contributed by atoms with E-state index in [2.05, 4.69) is 54.6 Å². The van der Waals surface area contributed by atoms with Crippen molar-refractivity contribution < 1.29 is 9.47 Å². The maximum absolute atomic E-state index is 10.5. The minimum atomic E-state index is -0.513. The first-order valence-electron chi connectivity index (χ1n) is 9.17. The summed E-state index contributed by atoms with van der Waals surface area (Å²) in [7, 11) is 1.69. The number of hydrogen-bond acceptors (Lipinski definition) is 3. The van der Waals surface area contributed by atoms with Crippen LogP contribution in [-0.2, 0) is 10.2 Å². The van der Waals surface area contributed by atoms with Crippen molar-refractivity contribution in [1.82, 2.24) is 0 Å². The van der Waals surface area contributed by atoms with Crippen LogP contribution in [0.1, 0.15) is 29.0 Å². The molecule has 130 valence electrons. The fraction of sp³-hybridized carbons (Fsp3) is 0.348. The Morgan fingerprint density at radius 3 is 2.73 bits per heavy atom.